The molecule has 0 fully saturated rings. The van der Waals surface area contributed by atoms with Crippen LogP contribution in [0.15, 0.2) is 66.0 Å². The van der Waals surface area contributed by atoms with E-state index in [9.17, 15) is 9.18 Å². The Morgan fingerprint density at radius 1 is 1.16 bits per heavy atom. The minimum atomic E-state index is -0.323. The average Bonchev–Trinajstić information content (AvgIpc) is 3.36. The first-order chi connectivity index (χ1) is 15.4. The number of nitrogens with one attached hydrogen (secondary N) is 1. The topological polar surface area (TPSA) is 64.7 Å². The molecule has 2 heterocycles. The number of nitrogens with zero attached hydrogens (tertiary/aromatic N) is 4. The van der Waals surface area contributed by atoms with E-state index in [1.165, 1.54) is 23.9 Å². The zero-order valence-electron chi connectivity index (χ0n) is 17.5. The fourth-order valence-electron chi connectivity index (χ4n) is 3.20. The number of amides is 1. The van der Waals surface area contributed by atoms with Crippen molar-refractivity contribution in [2.75, 3.05) is 11.1 Å². The SMILES string of the molecule is Cc1ccc(NC(=O)CSc2nnc(Cc3cccn3C)n2-c2ccc(F)cc2)cc1Cl. The highest BCUT2D eigenvalue weighted by atomic mass is 35.5. The van der Waals surface area contributed by atoms with Crippen LogP contribution in [0.4, 0.5) is 10.1 Å². The van der Waals surface area contributed by atoms with E-state index in [1.807, 2.05) is 53.6 Å². The molecular formula is C23H21ClFN5OS. The van der Waals surface area contributed by atoms with Crippen molar-refractivity contribution in [3.63, 3.8) is 0 Å². The molecule has 0 atom stereocenters. The lowest BCUT2D eigenvalue weighted by Gasteiger charge is -2.11. The van der Waals surface area contributed by atoms with E-state index < -0.39 is 0 Å². The molecule has 0 aliphatic rings. The largest absolute Gasteiger partial charge is 0.354 e. The summed E-state index contributed by atoms with van der Waals surface area (Å²) in [4.78, 5) is 12.5. The van der Waals surface area contributed by atoms with Gasteiger partial charge in [0.2, 0.25) is 5.91 Å². The third kappa shape index (κ3) is 5.03. The molecule has 0 spiro atoms. The van der Waals surface area contributed by atoms with Crippen LogP contribution >= 0.6 is 23.4 Å². The van der Waals surface area contributed by atoms with E-state index in [0.29, 0.717) is 28.1 Å². The molecule has 9 heteroatoms. The van der Waals surface area contributed by atoms with Gasteiger partial charge in [-0.25, -0.2) is 4.39 Å². The van der Waals surface area contributed by atoms with Gasteiger partial charge in [-0.1, -0.05) is 29.4 Å². The highest BCUT2D eigenvalue weighted by Crippen LogP contribution is 2.25. The Balaban J connectivity index is 1.54. The molecule has 0 saturated heterocycles. The van der Waals surface area contributed by atoms with Gasteiger partial charge in [-0.05, 0) is 61.0 Å². The van der Waals surface area contributed by atoms with E-state index >= 15 is 0 Å². The third-order valence-electron chi connectivity index (χ3n) is 4.96. The second-order valence-corrected chi connectivity index (χ2v) is 8.65. The lowest BCUT2D eigenvalue weighted by molar-refractivity contribution is -0.113. The smallest absolute Gasteiger partial charge is 0.234 e. The molecular weight excluding hydrogens is 449 g/mol. The Morgan fingerprint density at radius 2 is 1.94 bits per heavy atom. The molecule has 1 N–H and O–H groups in total. The molecule has 0 saturated carbocycles. The van der Waals surface area contributed by atoms with Gasteiger partial charge in [0.25, 0.3) is 0 Å². The lowest BCUT2D eigenvalue weighted by Crippen LogP contribution is -2.14. The molecule has 4 rings (SSSR count). The van der Waals surface area contributed by atoms with Crippen molar-refractivity contribution in [3.05, 3.63) is 88.7 Å². The van der Waals surface area contributed by atoms with Gasteiger partial charge in [-0.3, -0.25) is 9.36 Å². The van der Waals surface area contributed by atoms with Gasteiger partial charge >= 0.3 is 0 Å². The maximum absolute atomic E-state index is 13.5. The van der Waals surface area contributed by atoms with E-state index in [0.717, 1.165) is 16.9 Å². The van der Waals surface area contributed by atoms with Crippen molar-refractivity contribution in [1.29, 1.82) is 0 Å². The Hall–Kier alpha value is -3.10. The summed E-state index contributed by atoms with van der Waals surface area (Å²) in [6.07, 6.45) is 2.51. The fourth-order valence-corrected chi connectivity index (χ4v) is 4.15. The predicted octanol–water partition coefficient (Wildman–Crippen LogP) is 5.03. The predicted molar refractivity (Wildman–Crippen MR) is 125 cm³/mol. The minimum absolute atomic E-state index is 0.134. The van der Waals surface area contributed by atoms with E-state index in [1.54, 1.807) is 18.2 Å². The summed E-state index contributed by atoms with van der Waals surface area (Å²) in [6.45, 7) is 1.90. The minimum Gasteiger partial charge on any atom is -0.354 e. The Kier molecular flexibility index (Phi) is 6.62. The number of aryl methyl sites for hydroxylation is 2. The van der Waals surface area contributed by atoms with E-state index in [2.05, 4.69) is 15.5 Å². The van der Waals surface area contributed by atoms with Crippen LogP contribution in [0.5, 0.6) is 0 Å². The molecule has 0 aliphatic heterocycles. The van der Waals surface area contributed by atoms with Crippen LogP contribution in [-0.4, -0.2) is 31.0 Å². The molecule has 164 valence electrons. The molecule has 2 aromatic carbocycles. The fraction of sp³-hybridized carbons (Fsp3) is 0.174. The van der Waals surface area contributed by atoms with Crippen molar-refractivity contribution >= 4 is 35.0 Å². The standard InChI is InChI=1S/C23H21ClFN5OS/c1-15-5-8-17(12-20(15)24)26-22(31)14-32-23-28-27-21(13-19-4-3-11-29(19)2)30(23)18-9-6-16(25)7-10-18/h3-12H,13-14H2,1-2H3,(H,26,31). The zero-order valence-corrected chi connectivity index (χ0v) is 19.1. The summed E-state index contributed by atoms with van der Waals surface area (Å²) >= 11 is 7.40. The number of thioether (sulfide) groups is 1. The first-order valence-electron chi connectivity index (χ1n) is 9.90. The maximum atomic E-state index is 13.5. The summed E-state index contributed by atoms with van der Waals surface area (Å²) in [5.41, 5.74) is 3.37. The van der Waals surface area contributed by atoms with Crippen LogP contribution < -0.4 is 5.32 Å². The molecule has 0 bridgehead atoms. The zero-order chi connectivity index (χ0) is 22.7. The van der Waals surface area contributed by atoms with Crippen molar-refractivity contribution < 1.29 is 9.18 Å². The van der Waals surface area contributed by atoms with Crippen LogP contribution in [0, 0.1) is 12.7 Å². The van der Waals surface area contributed by atoms with Crippen LogP contribution in [0.2, 0.25) is 5.02 Å². The number of rotatable bonds is 7. The molecule has 1 amide bonds. The molecule has 6 nitrogen and oxygen atoms in total. The normalized spacial score (nSPS) is 11.0. The molecule has 0 radical (unpaired) electrons. The van der Waals surface area contributed by atoms with Gasteiger partial charge in [0, 0.05) is 41.8 Å². The van der Waals surface area contributed by atoms with Gasteiger partial charge in [0.15, 0.2) is 5.16 Å². The molecule has 0 aliphatic carbocycles. The third-order valence-corrected chi connectivity index (χ3v) is 6.30. The van der Waals surface area contributed by atoms with Crippen molar-refractivity contribution in [1.82, 2.24) is 19.3 Å². The van der Waals surface area contributed by atoms with E-state index in [4.69, 9.17) is 11.6 Å². The maximum Gasteiger partial charge on any atom is 0.234 e. The number of anilines is 1. The molecule has 0 unspecified atom stereocenters. The first kappa shape index (κ1) is 22.1. The number of aromatic nitrogens is 4. The van der Waals surface area contributed by atoms with Gasteiger partial charge < -0.3 is 9.88 Å². The summed E-state index contributed by atoms with van der Waals surface area (Å²) in [5.74, 6) is 0.324. The number of hydrogen-bond donors (Lipinski definition) is 1. The molecule has 4 aromatic rings. The van der Waals surface area contributed by atoms with Crippen LogP contribution in [0.25, 0.3) is 5.69 Å². The lowest BCUT2D eigenvalue weighted by atomic mass is 10.2. The number of carbonyl (C=O) groups is 1. The van der Waals surface area contributed by atoms with Crippen molar-refractivity contribution in [2.24, 2.45) is 7.05 Å². The molecule has 32 heavy (non-hydrogen) atoms. The number of hydrogen-bond acceptors (Lipinski definition) is 4. The van der Waals surface area contributed by atoms with Crippen LogP contribution in [0.1, 0.15) is 17.1 Å². The summed E-state index contributed by atoms with van der Waals surface area (Å²) in [7, 11) is 1.96. The van der Waals surface area contributed by atoms with Crippen molar-refractivity contribution in [2.45, 2.75) is 18.5 Å². The molecule has 2 aromatic heterocycles. The van der Waals surface area contributed by atoms with Gasteiger partial charge in [0.05, 0.1) is 5.75 Å². The van der Waals surface area contributed by atoms with Gasteiger partial charge in [-0.15, -0.1) is 10.2 Å². The summed E-state index contributed by atoms with van der Waals surface area (Å²) in [6, 6.07) is 15.5. The van der Waals surface area contributed by atoms with E-state index in [-0.39, 0.29) is 17.5 Å². The second kappa shape index (κ2) is 9.58. The second-order valence-electron chi connectivity index (χ2n) is 7.30. The monoisotopic (exact) mass is 469 g/mol. The number of halogens is 2. The summed E-state index contributed by atoms with van der Waals surface area (Å²) in [5, 5.41) is 12.6. The Bertz CT molecular complexity index is 1250. The quantitative estimate of drug-likeness (QED) is 0.386. The average molecular weight is 470 g/mol. The van der Waals surface area contributed by atoms with Crippen molar-refractivity contribution in [3.8, 4) is 5.69 Å². The number of carbonyl (C=O) groups excluding carboxylic acids is 1. The number of benzene rings is 2. The van der Waals surface area contributed by atoms with Crippen LogP contribution in [0.3, 0.4) is 0 Å². The van der Waals surface area contributed by atoms with Gasteiger partial charge in [-0.2, -0.15) is 0 Å². The summed E-state index contributed by atoms with van der Waals surface area (Å²) < 4.78 is 17.4. The highest BCUT2D eigenvalue weighted by Gasteiger charge is 2.17. The van der Waals surface area contributed by atoms with Gasteiger partial charge in [0.1, 0.15) is 11.6 Å². The highest BCUT2D eigenvalue weighted by molar-refractivity contribution is 7.99. The van der Waals surface area contributed by atoms with Crippen LogP contribution in [-0.2, 0) is 18.3 Å². The Labute approximate surface area is 194 Å². The Morgan fingerprint density at radius 3 is 2.62 bits per heavy atom. The first-order valence-corrected chi connectivity index (χ1v) is 11.3.